The van der Waals surface area contributed by atoms with Gasteiger partial charge in [0.15, 0.2) is 0 Å². The molecule has 0 unspecified atom stereocenters. The van der Waals surface area contributed by atoms with Crippen molar-refractivity contribution in [3.05, 3.63) is 39.4 Å². The molecule has 0 heterocycles. The lowest BCUT2D eigenvalue weighted by Crippen LogP contribution is -2.18. The number of nitrogens with one attached hydrogen (secondary N) is 1. The van der Waals surface area contributed by atoms with Crippen molar-refractivity contribution < 1.29 is 14.8 Å². The monoisotopic (exact) mass is 280 g/mol. The van der Waals surface area contributed by atoms with Crippen LogP contribution in [0.15, 0.2) is 18.2 Å². The molecule has 0 aliphatic rings. The number of nitro groups is 1. The lowest BCUT2D eigenvalue weighted by molar-refractivity contribution is -0.385. The summed E-state index contributed by atoms with van der Waals surface area (Å²) in [6.07, 6.45) is 2.09. The molecule has 0 fully saturated rings. The van der Waals surface area contributed by atoms with Gasteiger partial charge >= 0.3 is 5.97 Å². The van der Waals surface area contributed by atoms with E-state index in [2.05, 4.69) is 19.2 Å². The summed E-state index contributed by atoms with van der Waals surface area (Å²) in [6, 6.07) is 4.33. The molecule has 110 valence electrons. The lowest BCUT2D eigenvalue weighted by Gasteiger charge is -2.09. The van der Waals surface area contributed by atoms with Crippen molar-refractivity contribution in [2.75, 3.05) is 6.54 Å². The smallest absolute Gasteiger partial charge is 0.343 e. The number of nitro benzene ring substituents is 1. The summed E-state index contributed by atoms with van der Waals surface area (Å²) in [4.78, 5) is 21.4. The second-order valence-corrected chi connectivity index (χ2v) is 5.09. The number of carboxylic acids is 1. The van der Waals surface area contributed by atoms with E-state index in [9.17, 15) is 14.9 Å². The number of carbonyl (C=O) groups is 1. The van der Waals surface area contributed by atoms with Crippen LogP contribution in [0.25, 0.3) is 0 Å². The second kappa shape index (κ2) is 7.59. The van der Waals surface area contributed by atoms with Crippen LogP contribution >= 0.6 is 0 Å². The summed E-state index contributed by atoms with van der Waals surface area (Å²) in [7, 11) is 0. The highest BCUT2D eigenvalue weighted by molar-refractivity contribution is 5.94. The van der Waals surface area contributed by atoms with E-state index in [0.29, 0.717) is 18.0 Å². The Morgan fingerprint density at radius 3 is 2.70 bits per heavy atom. The van der Waals surface area contributed by atoms with Gasteiger partial charge in [0.2, 0.25) is 0 Å². The van der Waals surface area contributed by atoms with Crippen LogP contribution in [-0.2, 0) is 6.54 Å². The zero-order valence-electron chi connectivity index (χ0n) is 11.8. The normalized spacial score (nSPS) is 10.8. The van der Waals surface area contributed by atoms with Gasteiger partial charge in [0.25, 0.3) is 5.69 Å². The summed E-state index contributed by atoms with van der Waals surface area (Å²) in [6.45, 7) is 5.37. The zero-order chi connectivity index (χ0) is 15.1. The van der Waals surface area contributed by atoms with E-state index in [1.807, 2.05) is 0 Å². The number of hydrogen-bond acceptors (Lipinski definition) is 4. The summed E-state index contributed by atoms with van der Waals surface area (Å²) >= 11 is 0. The molecule has 20 heavy (non-hydrogen) atoms. The quantitative estimate of drug-likeness (QED) is 0.434. The van der Waals surface area contributed by atoms with Crippen molar-refractivity contribution in [3.8, 4) is 0 Å². The molecule has 0 saturated heterocycles. The molecule has 0 spiro atoms. The van der Waals surface area contributed by atoms with Crippen molar-refractivity contribution >= 4 is 11.7 Å². The minimum atomic E-state index is -1.27. The Balaban J connectivity index is 2.72. The fourth-order valence-corrected chi connectivity index (χ4v) is 1.99. The van der Waals surface area contributed by atoms with E-state index < -0.39 is 10.9 Å². The van der Waals surface area contributed by atoms with Gasteiger partial charge in [0.05, 0.1) is 4.92 Å². The van der Waals surface area contributed by atoms with Gasteiger partial charge < -0.3 is 10.4 Å². The molecule has 0 amide bonds. The Hall–Kier alpha value is -1.95. The van der Waals surface area contributed by atoms with E-state index in [4.69, 9.17) is 5.11 Å². The van der Waals surface area contributed by atoms with Crippen molar-refractivity contribution in [2.24, 2.45) is 5.92 Å². The van der Waals surface area contributed by atoms with Crippen LogP contribution in [-0.4, -0.2) is 22.5 Å². The van der Waals surface area contributed by atoms with Crippen molar-refractivity contribution in [1.29, 1.82) is 0 Å². The Bertz CT molecular complexity index is 486. The predicted molar refractivity (Wildman–Crippen MR) is 75.8 cm³/mol. The van der Waals surface area contributed by atoms with Crippen LogP contribution in [0.2, 0.25) is 0 Å². The molecule has 0 atom stereocenters. The molecule has 1 aromatic carbocycles. The van der Waals surface area contributed by atoms with Crippen molar-refractivity contribution in [2.45, 2.75) is 33.2 Å². The van der Waals surface area contributed by atoms with Crippen molar-refractivity contribution in [1.82, 2.24) is 5.32 Å². The third kappa shape index (κ3) is 4.62. The zero-order valence-corrected chi connectivity index (χ0v) is 11.8. The summed E-state index contributed by atoms with van der Waals surface area (Å²) in [5.74, 6) is -0.638. The van der Waals surface area contributed by atoms with Gasteiger partial charge in [0.1, 0.15) is 5.56 Å². The maximum Gasteiger partial charge on any atom is 0.343 e. The molecule has 0 aromatic heterocycles. The molecule has 0 bridgehead atoms. The highest BCUT2D eigenvalue weighted by atomic mass is 16.6. The minimum Gasteiger partial charge on any atom is -0.477 e. The number of carboxylic acid groups (broad SMARTS) is 1. The molecular formula is C14H20N2O4. The fourth-order valence-electron chi connectivity index (χ4n) is 1.99. The number of aromatic carboxylic acids is 1. The van der Waals surface area contributed by atoms with Crippen LogP contribution in [0.5, 0.6) is 0 Å². The van der Waals surface area contributed by atoms with Crippen molar-refractivity contribution in [3.63, 3.8) is 0 Å². The molecule has 0 saturated carbocycles. The molecule has 0 radical (unpaired) electrons. The second-order valence-electron chi connectivity index (χ2n) is 5.09. The highest BCUT2D eigenvalue weighted by Crippen LogP contribution is 2.22. The van der Waals surface area contributed by atoms with E-state index in [1.54, 1.807) is 6.07 Å². The molecule has 1 aromatic rings. The van der Waals surface area contributed by atoms with E-state index in [-0.39, 0.29) is 11.3 Å². The Kier molecular flexibility index (Phi) is 6.11. The van der Waals surface area contributed by atoms with Gasteiger partial charge in [-0.15, -0.1) is 0 Å². The highest BCUT2D eigenvalue weighted by Gasteiger charge is 2.22. The standard InChI is InChI=1S/C14H20N2O4/c1-10(2)5-4-8-15-9-11-6-3-7-12(16(19)20)13(11)14(17)18/h3,6-7,10,15H,4-5,8-9H2,1-2H3,(H,17,18). The fraction of sp³-hybridized carbons (Fsp3) is 0.500. The number of benzene rings is 1. The number of rotatable bonds is 8. The van der Waals surface area contributed by atoms with E-state index in [0.717, 1.165) is 19.4 Å². The topological polar surface area (TPSA) is 92.5 Å². The van der Waals surface area contributed by atoms with Gasteiger partial charge in [-0.1, -0.05) is 26.0 Å². The molecule has 2 N–H and O–H groups in total. The Labute approximate surface area is 118 Å². The number of nitrogens with zero attached hydrogens (tertiary/aromatic N) is 1. The van der Waals surface area contributed by atoms with Crippen LogP contribution in [0.1, 0.15) is 42.6 Å². The molecule has 6 heteroatoms. The van der Waals surface area contributed by atoms with Gasteiger partial charge in [-0.2, -0.15) is 0 Å². The molecule has 1 rings (SSSR count). The average molecular weight is 280 g/mol. The first kappa shape index (κ1) is 16.1. The van der Waals surface area contributed by atoms with E-state index in [1.165, 1.54) is 12.1 Å². The third-order valence-electron chi connectivity index (χ3n) is 2.99. The predicted octanol–water partition coefficient (Wildman–Crippen LogP) is 2.82. The first-order chi connectivity index (χ1) is 9.43. The van der Waals surface area contributed by atoms with Crippen LogP contribution < -0.4 is 5.32 Å². The minimum absolute atomic E-state index is 0.228. The average Bonchev–Trinajstić information content (AvgIpc) is 2.37. The largest absolute Gasteiger partial charge is 0.477 e. The van der Waals surface area contributed by atoms with E-state index >= 15 is 0 Å². The van der Waals surface area contributed by atoms with Gasteiger partial charge in [-0.05, 0) is 30.9 Å². The van der Waals surface area contributed by atoms with Crippen LogP contribution in [0, 0.1) is 16.0 Å². The van der Waals surface area contributed by atoms with Crippen LogP contribution in [0.3, 0.4) is 0 Å². The maximum atomic E-state index is 11.2. The van der Waals surface area contributed by atoms with Gasteiger partial charge in [-0.3, -0.25) is 10.1 Å². The molecule has 0 aliphatic carbocycles. The molecular weight excluding hydrogens is 260 g/mol. The lowest BCUT2D eigenvalue weighted by atomic mass is 10.0. The third-order valence-corrected chi connectivity index (χ3v) is 2.99. The molecule has 6 nitrogen and oxygen atoms in total. The van der Waals surface area contributed by atoms with Gasteiger partial charge in [-0.25, -0.2) is 4.79 Å². The van der Waals surface area contributed by atoms with Crippen LogP contribution in [0.4, 0.5) is 5.69 Å². The SMILES string of the molecule is CC(C)CCCNCc1cccc([N+](=O)[O-])c1C(=O)O. The summed E-state index contributed by atoms with van der Waals surface area (Å²) in [5, 5.41) is 23.1. The summed E-state index contributed by atoms with van der Waals surface area (Å²) < 4.78 is 0. The Morgan fingerprint density at radius 1 is 1.45 bits per heavy atom. The van der Waals surface area contributed by atoms with Gasteiger partial charge in [0, 0.05) is 12.6 Å². The number of hydrogen-bond donors (Lipinski definition) is 2. The molecule has 0 aliphatic heterocycles. The Morgan fingerprint density at radius 2 is 2.15 bits per heavy atom. The first-order valence-corrected chi connectivity index (χ1v) is 6.63. The maximum absolute atomic E-state index is 11.2. The summed E-state index contributed by atoms with van der Waals surface area (Å²) in [5.41, 5.74) is -0.149. The first-order valence-electron chi connectivity index (χ1n) is 6.63.